The number of carbonyl (C=O) groups is 1. The minimum atomic E-state index is -0.380. The zero-order chi connectivity index (χ0) is 23.0. The molecule has 0 bridgehead atoms. The zero-order valence-electron chi connectivity index (χ0n) is 19.3. The fourth-order valence-corrected chi connectivity index (χ4v) is 5.10. The van der Waals surface area contributed by atoms with Crippen molar-refractivity contribution in [3.8, 4) is 5.69 Å². The number of amidine groups is 2. The number of benzene rings is 1. The molecule has 2 aliphatic heterocycles. The van der Waals surface area contributed by atoms with Gasteiger partial charge in [0.1, 0.15) is 5.04 Å². The minimum Gasteiger partial charge on any atom is -0.318 e. The van der Waals surface area contributed by atoms with Crippen molar-refractivity contribution in [3.05, 3.63) is 57.9 Å². The van der Waals surface area contributed by atoms with Crippen LogP contribution in [0.1, 0.15) is 60.7 Å². The molecule has 0 saturated carbocycles. The van der Waals surface area contributed by atoms with Crippen LogP contribution in [-0.2, 0) is 4.79 Å². The van der Waals surface area contributed by atoms with Gasteiger partial charge in [-0.1, -0.05) is 37.5 Å². The molecule has 2 aliphatic rings. The highest BCUT2D eigenvalue weighted by Gasteiger charge is 2.35. The van der Waals surface area contributed by atoms with Crippen LogP contribution in [0.5, 0.6) is 0 Å². The number of aryl methyl sites for hydroxylation is 3. The van der Waals surface area contributed by atoms with Gasteiger partial charge in [0.25, 0.3) is 5.91 Å². The third-order valence-electron chi connectivity index (χ3n) is 5.85. The number of nitrogens with one attached hydrogen (secondary N) is 1. The topological polar surface area (TPSA) is 73.8 Å². The maximum atomic E-state index is 12.8. The third kappa shape index (κ3) is 4.09. The summed E-state index contributed by atoms with van der Waals surface area (Å²) in [5.41, 5.74) is 6.83. The van der Waals surface area contributed by atoms with Gasteiger partial charge in [-0.15, -0.1) is 0 Å². The van der Waals surface area contributed by atoms with Crippen molar-refractivity contribution >= 4 is 39.8 Å². The van der Waals surface area contributed by atoms with Crippen molar-refractivity contribution < 1.29 is 4.79 Å². The van der Waals surface area contributed by atoms with E-state index in [1.807, 2.05) is 6.92 Å². The van der Waals surface area contributed by atoms with Crippen LogP contribution < -0.4 is 0 Å². The molecule has 0 spiro atoms. The van der Waals surface area contributed by atoms with Crippen molar-refractivity contribution in [1.29, 1.82) is 5.41 Å². The number of aliphatic imine (C=N–C) groups is 1. The van der Waals surface area contributed by atoms with Crippen molar-refractivity contribution in [2.75, 3.05) is 0 Å². The second-order valence-electron chi connectivity index (χ2n) is 8.42. The standard InChI is InChI=1S/C25H29N5OS/c1-6-7-8-9-22-28-30-23(26)20(24(31)27-25(30)32-22)14-19-13-17(4)29(18(19)5)21-11-10-15(2)12-16(21)3/h10-14,26H,6-9H2,1-5H3/b20-14-,26-23?. The SMILES string of the molecule is CCCCCC1=NN2C(=N)/C(=C/c3cc(C)n(-c4ccc(C)cc4C)c3C)C(=O)N=C2S1. The molecule has 0 aliphatic carbocycles. The Kier molecular flexibility index (Phi) is 6.20. The van der Waals surface area contributed by atoms with Crippen molar-refractivity contribution in [2.45, 2.75) is 60.3 Å². The van der Waals surface area contributed by atoms with Gasteiger partial charge in [0.2, 0.25) is 5.17 Å². The number of hydrazone groups is 1. The van der Waals surface area contributed by atoms with Gasteiger partial charge in [0.05, 0.1) is 5.57 Å². The number of amides is 1. The molecule has 1 aromatic carbocycles. The average molecular weight is 448 g/mol. The maximum absolute atomic E-state index is 12.8. The molecule has 1 amide bonds. The molecule has 3 heterocycles. The number of carbonyl (C=O) groups excluding carboxylic acids is 1. The molecule has 0 radical (unpaired) electrons. The van der Waals surface area contributed by atoms with E-state index in [-0.39, 0.29) is 17.3 Å². The summed E-state index contributed by atoms with van der Waals surface area (Å²) in [5.74, 6) is -0.288. The third-order valence-corrected chi connectivity index (χ3v) is 6.82. The lowest BCUT2D eigenvalue weighted by Gasteiger charge is -2.20. The molecule has 1 N–H and O–H groups in total. The van der Waals surface area contributed by atoms with Crippen LogP contribution in [0, 0.1) is 33.1 Å². The summed E-state index contributed by atoms with van der Waals surface area (Å²) in [4.78, 5) is 17.0. The van der Waals surface area contributed by atoms with E-state index in [9.17, 15) is 4.79 Å². The number of aromatic nitrogens is 1. The average Bonchev–Trinajstić information content (AvgIpc) is 3.26. The van der Waals surface area contributed by atoms with E-state index in [0.717, 1.165) is 53.4 Å². The van der Waals surface area contributed by atoms with Crippen LogP contribution in [0.2, 0.25) is 0 Å². The van der Waals surface area contributed by atoms with Gasteiger partial charge >= 0.3 is 0 Å². The highest BCUT2D eigenvalue weighted by molar-refractivity contribution is 8.26. The van der Waals surface area contributed by atoms with Gasteiger partial charge in [0.15, 0.2) is 5.84 Å². The molecule has 0 atom stereocenters. The van der Waals surface area contributed by atoms with Crippen LogP contribution in [0.3, 0.4) is 0 Å². The number of thioether (sulfide) groups is 1. The molecular weight excluding hydrogens is 418 g/mol. The summed E-state index contributed by atoms with van der Waals surface area (Å²) in [6.45, 7) is 10.5. The molecule has 4 rings (SSSR count). The van der Waals surface area contributed by atoms with Crippen LogP contribution in [-0.4, -0.2) is 31.5 Å². The van der Waals surface area contributed by atoms with E-state index in [1.54, 1.807) is 6.08 Å². The molecule has 166 valence electrons. The van der Waals surface area contributed by atoms with Gasteiger partial charge in [-0.3, -0.25) is 10.2 Å². The van der Waals surface area contributed by atoms with Crippen molar-refractivity contribution in [1.82, 2.24) is 9.58 Å². The molecule has 0 fully saturated rings. The Hall–Kier alpha value is -2.93. The number of nitrogens with zero attached hydrogens (tertiary/aromatic N) is 4. The minimum absolute atomic E-state index is 0.0920. The monoisotopic (exact) mass is 447 g/mol. The Balaban J connectivity index is 1.66. The largest absolute Gasteiger partial charge is 0.318 e. The predicted molar refractivity (Wildman–Crippen MR) is 134 cm³/mol. The quantitative estimate of drug-likeness (QED) is 0.442. The van der Waals surface area contributed by atoms with E-state index in [2.05, 4.69) is 66.6 Å². The first-order valence-corrected chi connectivity index (χ1v) is 11.9. The Morgan fingerprint density at radius 3 is 2.62 bits per heavy atom. The van der Waals surface area contributed by atoms with E-state index in [1.165, 1.54) is 27.9 Å². The summed E-state index contributed by atoms with van der Waals surface area (Å²) >= 11 is 1.40. The second kappa shape index (κ2) is 8.90. The molecule has 32 heavy (non-hydrogen) atoms. The summed E-state index contributed by atoms with van der Waals surface area (Å²) in [6.07, 6.45) is 5.97. The van der Waals surface area contributed by atoms with E-state index >= 15 is 0 Å². The smallest absolute Gasteiger partial charge is 0.283 e. The molecule has 1 aromatic heterocycles. The van der Waals surface area contributed by atoms with Crippen molar-refractivity contribution in [3.63, 3.8) is 0 Å². The number of unbranched alkanes of at least 4 members (excludes halogenated alkanes) is 2. The number of hydrogen-bond acceptors (Lipinski definition) is 4. The van der Waals surface area contributed by atoms with Gasteiger partial charge < -0.3 is 4.57 Å². The predicted octanol–water partition coefficient (Wildman–Crippen LogP) is 5.91. The molecular formula is C25H29N5OS. The second-order valence-corrected chi connectivity index (χ2v) is 9.46. The lowest BCUT2D eigenvalue weighted by Crippen LogP contribution is -2.35. The van der Waals surface area contributed by atoms with Crippen LogP contribution in [0.15, 0.2) is 39.9 Å². The molecule has 0 unspecified atom stereocenters. The molecule has 7 heteroatoms. The lowest BCUT2D eigenvalue weighted by atomic mass is 10.1. The summed E-state index contributed by atoms with van der Waals surface area (Å²) < 4.78 is 2.20. The van der Waals surface area contributed by atoms with E-state index in [4.69, 9.17) is 5.41 Å². The number of hydrogen-bond donors (Lipinski definition) is 1. The van der Waals surface area contributed by atoms with Gasteiger partial charge in [-0.05, 0) is 81.6 Å². The fourth-order valence-electron chi connectivity index (χ4n) is 4.18. The van der Waals surface area contributed by atoms with Crippen LogP contribution >= 0.6 is 11.8 Å². The van der Waals surface area contributed by atoms with Gasteiger partial charge in [0, 0.05) is 17.1 Å². The first-order valence-electron chi connectivity index (χ1n) is 11.1. The lowest BCUT2D eigenvalue weighted by molar-refractivity contribution is -0.114. The van der Waals surface area contributed by atoms with Crippen molar-refractivity contribution in [2.24, 2.45) is 10.1 Å². The Labute approximate surface area is 193 Å². The Morgan fingerprint density at radius 2 is 1.91 bits per heavy atom. The summed E-state index contributed by atoms with van der Waals surface area (Å²) in [7, 11) is 0. The molecule has 2 aromatic rings. The first kappa shape index (κ1) is 22.3. The van der Waals surface area contributed by atoms with Gasteiger partial charge in [-0.2, -0.15) is 15.1 Å². The normalized spacial score (nSPS) is 17.2. The summed E-state index contributed by atoms with van der Waals surface area (Å²) in [5, 5.41) is 16.1. The highest BCUT2D eigenvalue weighted by Crippen LogP contribution is 2.31. The number of fused-ring (bicyclic) bond motifs is 1. The summed E-state index contributed by atoms with van der Waals surface area (Å²) in [6, 6.07) is 8.46. The first-order chi connectivity index (χ1) is 15.3. The number of rotatable bonds is 6. The molecule has 0 saturated heterocycles. The maximum Gasteiger partial charge on any atom is 0.283 e. The van der Waals surface area contributed by atoms with Crippen LogP contribution in [0.25, 0.3) is 11.8 Å². The van der Waals surface area contributed by atoms with E-state index in [0.29, 0.717) is 5.17 Å². The zero-order valence-corrected chi connectivity index (χ0v) is 20.1. The van der Waals surface area contributed by atoms with Crippen LogP contribution in [0.4, 0.5) is 0 Å². The Bertz CT molecular complexity index is 1200. The van der Waals surface area contributed by atoms with Gasteiger partial charge in [-0.25, -0.2) is 0 Å². The fraction of sp³-hybridized carbons (Fsp3) is 0.360. The highest BCUT2D eigenvalue weighted by atomic mass is 32.2. The molecule has 6 nitrogen and oxygen atoms in total. The van der Waals surface area contributed by atoms with E-state index < -0.39 is 0 Å². The Morgan fingerprint density at radius 1 is 1.12 bits per heavy atom.